The van der Waals surface area contributed by atoms with Gasteiger partial charge in [0.1, 0.15) is 5.82 Å². The van der Waals surface area contributed by atoms with Crippen LogP contribution < -0.4 is 21.1 Å². The van der Waals surface area contributed by atoms with E-state index < -0.39 is 0 Å². The molecular weight excluding hydrogens is 470 g/mol. The zero-order valence-electron chi connectivity index (χ0n) is 20.9. The van der Waals surface area contributed by atoms with Crippen molar-refractivity contribution in [1.29, 1.82) is 0 Å². The van der Waals surface area contributed by atoms with Crippen LogP contribution in [0.3, 0.4) is 0 Å². The summed E-state index contributed by atoms with van der Waals surface area (Å²) >= 11 is 0. The quantitative estimate of drug-likeness (QED) is 0.492. The zero-order valence-corrected chi connectivity index (χ0v) is 20.9. The number of fused-ring (bicyclic) bond motifs is 1. The van der Waals surface area contributed by atoms with Crippen LogP contribution in [0.2, 0.25) is 0 Å². The number of ether oxygens (including phenoxy) is 1. The first-order chi connectivity index (χ1) is 18.1. The Morgan fingerprint density at radius 2 is 2.03 bits per heavy atom. The first-order valence-electron chi connectivity index (χ1n) is 12.8. The number of H-pyrrole nitrogens is 1. The monoisotopic (exact) mass is 501 g/mol. The Labute approximate surface area is 215 Å². The zero-order chi connectivity index (χ0) is 25.2. The van der Waals surface area contributed by atoms with Crippen molar-refractivity contribution < 1.29 is 4.74 Å². The van der Waals surface area contributed by atoms with Crippen molar-refractivity contribution in [3.63, 3.8) is 0 Å². The third kappa shape index (κ3) is 4.99. The van der Waals surface area contributed by atoms with Crippen LogP contribution in [0.15, 0.2) is 46.3 Å². The molecule has 0 saturated carbocycles. The standard InChI is InChI=1S/C26H31N9O2/c1-17-16-37-14-13-35(17)24-20-8-12-34(26-28-9-2-10-29-26)15-21(20)31-23(33-24)18-3-5-19(6-4-18)30-25-27-11-7-22(36)32-25/h3-7,11,17H,2,8-10,12-16H2,1H3,(H,28,29)(H2,27,30,32,36). The van der Waals surface area contributed by atoms with Crippen molar-refractivity contribution in [2.45, 2.75) is 32.4 Å². The Hall–Kier alpha value is -3.99. The van der Waals surface area contributed by atoms with Gasteiger partial charge in [0.25, 0.3) is 5.56 Å². The number of aromatic nitrogens is 4. The van der Waals surface area contributed by atoms with E-state index in [2.05, 4.69) is 37.3 Å². The minimum atomic E-state index is -0.204. The lowest BCUT2D eigenvalue weighted by molar-refractivity contribution is 0.0983. The predicted molar refractivity (Wildman–Crippen MR) is 142 cm³/mol. The molecule has 3 N–H and O–H groups in total. The average molecular weight is 502 g/mol. The molecule has 0 spiro atoms. The first-order valence-corrected chi connectivity index (χ1v) is 12.8. The minimum absolute atomic E-state index is 0.204. The second-order valence-electron chi connectivity index (χ2n) is 9.56. The second kappa shape index (κ2) is 10.2. The topological polar surface area (TPSA) is 124 Å². The number of hydrogen-bond donors (Lipinski definition) is 3. The van der Waals surface area contributed by atoms with Gasteiger partial charge >= 0.3 is 0 Å². The lowest BCUT2D eigenvalue weighted by Gasteiger charge is -2.38. The van der Waals surface area contributed by atoms with Gasteiger partial charge in [-0.15, -0.1) is 0 Å². The minimum Gasteiger partial charge on any atom is -0.377 e. The molecule has 1 unspecified atom stereocenters. The lowest BCUT2D eigenvalue weighted by Crippen LogP contribution is -2.48. The molecule has 3 aliphatic rings. The molecule has 1 atom stereocenters. The van der Waals surface area contributed by atoms with Crippen molar-refractivity contribution in [2.24, 2.45) is 4.99 Å². The molecule has 6 rings (SSSR count). The maximum atomic E-state index is 11.6. The van der Waals surface area contributed by atoms with Crippen molar-refractivity contribution >= 4 is 23.4 Å². The summed E-state index contributed by atoms with van der Waals surface area (Å²) in [6.45, 7) is 7.81. The third-order valence-electron chi connectivity index (χ3n) is 6.94. The Kier molecular flexibility index (Phi) is 6.44. The molecule has 37 heavy (non-hydrogen) atoms. The lowest BCUT2D eigenvalue weighted by atomic mass is 10.0. The number of nitrogens with zero attached hydrogens (tertiary/aromatic N) is 6. The molecule has 1 fully saturated rings. The van der Waals surface area contributed by atoms with E-state index >= 15 is 0 Å². The summed E-state index contributed by atoms with van der Waals surface area (Å²) in [5.74, 6) is 3.09. The summed E-state index contributed by atoms with van der Waals surface area (Å²) < 4.78 is 5.71. The Morgan fingerprint density at radius 3 is 2.81 bits per heavy atom. The normalized spacial score (nSPS) is 19.6. The number of hydrogen-bond acceptors (Lipinski definition) is 10. The molecule has 5 heterocycles. The number of rotatable bonds is 4. The molecule has 1 aromatic carbocycles. The van der Waals surface area contributed by atoms with Crippen LogP contribution in [0.4, 0.5) is 17.5 Å². The highest BCUT2D eigenvalue weighted by molar-refractivity contribution is 5.81. The van der Waals surface area contributed by atoms with Gasteiger partial charge in [-0.1, -0.05) is 0 Å². The maximum Gasteiger partial charge on any atom is 0.252 e. The van der Waals surface area contributed by atoms with E-state index in [-0.39, 0.29) is 11.6 Å². The van der Waals surface area contributed by atoms with Crippen LogP contribution in [-0.2, 0) is 17.7 Å². The summed E-state index contributed by atoms with van der Waals surface area (Å²) in [6, 6.07) is 9.49. The Morgan fingerprint density at radius 1 is 1.14 bits per heavy atom. The van der Waals surface area contributed by atoms with Crippen LogP contribution in [0.1, 0.15) is 24.6 Å². The van der Waals surface area contributed by atoms with E-state index in [1.54, 1.807) is 0 Å². The fraction of sp³-hybridized carbons (Fsp3) is 0.423. The molecule has 11 nitrogen and oxygen atoms in total. The molecule has 0 aliphatic carbocycles. The molecule has 11 heteroatoms. The molecule has 1 saturated heterocycles. The van der Waals surface area contributed by atoms with Gasteiger partial charge in [-0.25, -0.2) is 15.0 Å². The van der Waals surface area contributed by atoms with Gasteiger partial charge in [0.15, 0.2) is 11.8 Å². The van der Waals surface area contributed by atoms with Crippen LogP contribution >= 0.6 is 0 Å². The number of nitrogens with one attached hydrogen (secondary N) is 3. The molecule has 2 aromatic heterocycles. The van der Waals surface area contributed by atoms with Crippen LogP contribution in [-0.4, -0.2) is 76.2 Å². The molecule has 3 aliphatic heterocycles. The largest absolute Gasteiger partial charge is 0.377 e. The van der Waals surface area contributed by atoms with Crippen molar-refractivity contribution in [2.75, 3.05) is 49.6 Å². The van der Waals surface area contributed by atoms with Gasteiger partial charge in [0, 0.05) is 55.3 Å². The summed E-state index contributed by atoms with van der Waals surface area (Å²) in [7, 11) is 0. The average Bonchev–Trinajstić information content (AvgIpc) is 2.93. The fourth-order valence-electron chi connectivity index (χ4n) is 5.00. The first kappa shape index (κ1) is 23.4. The molecular formula is C26H31N9O2. The van der Waals surface area contributed by atoms with Gasteiger partial charge in [-0.2, -0.15) is 0 Å². The summed E-state index contributed by atoms with van der Waals surface area (Å²) in [5, 5.41) is 6.58. The summed E-state index contributed by atoms with van der Waals surface area (Å²) in [5.41, 5.74) is 3.81. The number of aromatic amines is 1. The van der Waals surface area contributed by atoms with Gasteiger partial charge in [-0.05, 0) is 44.0 Å². The summed E-state index contributed by atoms with van der Waals surface area (Å²) in [6.07, 6.45) is 3.42. The summed E-state index contributed by atoms with van der Waals surface area (Å²) in [4.78, 5) is 37.9. The van der Waals surface area contributed by atoms with E-state index in [0.717, 1.165) is 67.7 Å². The van der Waals surface area contributed by atoms with E-state index in [1.807, 2.05) is 24.3 Å². The maximum absolute atomic E-state index is 11.6. The molecule has 3 aromatic rings. The van der Waals surface area contributed by atoms with Crippen molar-refractivity contribution in [3.8, 4) is 11.4 Å². The van der Waals surface area contributed by atoms with Crippen molar-refractivity contribution in [3.05, 3.63) is 58.1 Å². The van der Waals surface area contributed by atoms with Crippen molar-refractivity contribution in [1.82, 2.24) is 30.2 Å². The molecule has 0 radical (unpaired) electrons. The Balaban J connectivity index is 1.33. The highest BCUT2D eigenvalue weighted by Crippen LogP contribution is 2.32. The van der Waals surface area contributed by atoms with E-state index in [4.69, 9.17) is 19.7 Å². The number of guanidine groups is 1. The Bertz CT molecular complexity index is 1350. The van der Waals surface area contributed by atoms with Crippen LogP contribution in [0.25, 0.3) is 11.4 Å². The van der Waals surface area contributed by atoms with E-state index in [9.17, 15) is 4.79 Å². The highest BCUT2D eigenvalue weighted by Gasteiger charge is 2.30. The van der Waals surface area contributed by atoms with Gasteiger partial charge in [0.05, 0.1) is 31.5 Å². The smallest absolute Gasteiger partial charge is 0.252 e. The number of benzene rings is 1. The number of aliphatic imine (C=N–C) groups is 1. The molecule has 0 amide bonds. The van der Waals surface area contributed by atoms with Gasteiger partial charge < -0.3 is 25.2 Å². The van der Waals surface area contributed by atoms with Crippen LogP contribution in [0.5, 0.6) is 0 Å². The third-order valence-corrected chi connectivity index (χ3v) is 6.94. The van der Waals surface area contributed by atoms with Gasteiger partial charge in [-0.3, -0.25) is 14.8 Å². The SMILES string of the molecule is CC1COCCN1c1nc(-c2ccc(Nc3nccc(=O)[nH]3)cc2)nc2c1CCN(C1=NCCCN1)C2. The van der Waals surface area contributed by atoms with E-state index in [0.29, 0.717) is 31.5 Å². The van der Waals surface area contributed by atoms with E-state index in [1.165, 1.54) is 17.8 Å². The second-order valence-corrected chi connectivity index (χ2v) is 9.56. The highest BCUT2D eigenvalue weighted by atomic mass is 16.5. The molecule has 192 valence electrons. The fourth-order valence-corrected chi connectivity index (χ4v) is 5.00. The number of anilines is 3. The van der Waals surface area contributed by atoms with Gasteiger partial charge in [0.2, 0.25) is 5.95 Å². The number of morpholine rings is 1. The molecule has 0 bridgehead atoms. The van der Waals surface area contributed by atoms with Crippen LogP contribution in [0, 0.1) is 0 Å². The predicted octanol–water partition coefficient (Wildman–Crippen LogP) is 1.90.